The summed E-state index contributed by atoms with van der Waals surface area (Å²) in [6.45, 7) is 1.23. The Morgan fingerprint density at radius 1 is 1.29 bits per heavy atom. The maximum Gasteiger partial charge on any atom is 0.230 e. The lowest BCUT2D eigenvalue weighted by Gasteiger charge is -2.06. The predicted molar refractivity (Wildman–Crippen MR) is 72.6 cm³/mol. The number of Topliss-reactive ketones (excluding diaryl/α,β-unsaturated/α-hetero) is 2. The van der Waals surface area contributed by atoms with Gasteiger partial charge in [0, 0.05) is 13.1 Å². The van der Waals surface area contributed by atoms with Crippen molar-refractivity contribution in [2.24, 2.45) is 0 Å². The third-order valence-corrected chi connectivity index (χ3v) is 3.05. The van der Waals surface area contributed by atoms with Gasteiger partial charge in [-0.3, -0.25) is 9.59 Å². The number of carbonyl (C=O) groups is 2. The molecule has 0 amide bonds. The molecule has 0 aliphatic heterocycles. The molecule has 0 fully saturated rings. The van der Waals surface area contributed by atoms with Crippen LogP contribution < -0.4 is 4.74 Å². The monoisotopic (exact) mass is 285 g/mol. The average Bonchev–Trinajstić information content (AvgIpc) is 3.14. The van der Waals surface area contributed by atoms with Crippen molar-refractivity contribution in [3.05, 3.63) is 30.4 Å². The van der Waals surface area contributed by atoms with E-state index in [-0.39, 0.29) is 5.56 Å². The highest BCUT2D eigenvalue weighted by atomic mass is 16.5. The van der Waals surface area contributed by atoms with Crippen molar-refractivity contribution < 1.29 is 14.3 Å². The Morgan fingerprint density at radius 3 is 2.62 bits per heavy atom. The number of fused-ring (bicyclic) bond motifs is 1. The molecule has 0 saturated heterocycles. The van der Waals surface area contributed by atoms with Gasteiger partial charge in [0.05, 0.1) is 42.2 Å². The minimum absolute atomic E-state index is 0.241. The Hall–Kier alpha value is -3.03. The molecule has 0 atom stereocenters. The summed E-state index contributed by atoms with van der Waals surface area (Å²) < 4.78 is 5.23. The quantitative estimate of drug-likeness (QED) is 0.565. The summed E-state index contributed by atoms with van der Waals surface area (Å²) >= 11 is 0. The van der Waals surface area contributed by atoms with Crippen LogP contribution in [0.1, 0.15) is 17.3 Å². The SMILES string of the molecule is COc1cnc(-n2nccn2)c2[nH]cc(C(=O)C(C)=O)c12. The molecule has 0 bridgehead atoms. The van der Waals surface area contributed by atoms with Crippen LogP contribution in [-0.2, 0) is 4.79 Å². The maximum atomic E-state index is 12.0. The van der Waals surface area contributed by atoms with Crippen molar-refractivity contribution in [1.29, 1.82) is 0 Å². The number of rotatable bonds is 4. The predicted octanol–water partition coefficient (Wildman–Crippen LogP) is 0.924. The largest absolute Gasteiger partial charge is 0.494 e. The number of pyridine rings is 1. The number of ketones is 2. The lowest BCUT2D eigenvalue weighted by atomic mass is 10.1. The van der Waals surface area contributed by atoms with Crippen molar-refractivity contribution in [3.63, 3.8) is 0 Å². The lowest BCUT2D eigenvalue weighted by molar-refractivity contribution is -0.113. The molecule has 3 aromatic heterocycles. The highest BCUT2D eigenvalue weighted by Crippen LogP contribution is 2.31. The Labute approximate surface area is 118 Å². The van der Waals surface area contributed by atoms with Crippen LogP contribution in [0.2, 0.25) is 0 Å². The Kier molecular flexibility index (Phi) is 2.98. The molecular weight excluding hydrogens is 274 g/mol. The van der Waals surface area contributed by atoms with Gasteiger partial charge in [0.15, 0.2) is 11.6 Å². The average molecular weight is 285 g/mol. The van der Waals surface area contributed by atoms with Gasteiger partial charge in [-0.05, 0) is 0 Å². The number of methoxy groups -OCH3 is 1. The molecule has 3 heterocycles. The zero-order chi connectivity index (χ0) is 15.0. The van der Waals surface area contributed by atoms with Crippen LogP contribution in [0.5, 0.6) is 5.75 Å². The molecule has 1 N–H and O–H groups in total. The van der Waals surface area contributed by atoms with E-state index < -0.39 is 11.6 Å². The fraction of sp³-hybridized carbons (Fsp3) is 0.154. The van der Waals surface area contributed by atoms with E-state index in [2.05, 4.69) is 20.2 Å². The zero-order valence-corrected chi connectivity index (χ0v) is 11.3. The molecule has 0 aromatic carbocycles. The third-order valence-electron chi connectivity index (χ3n) is 3.05. The topological polar surface area (TPSA) is 103 Å². The number of aromatic amines is 1. The number of nitrogens with one attached hydrogen (secondary N) is 1. The summed E-state index contributed by atoms with van der Waals surface area (Å²) in [6, 6.07) is 0. The zero-order valence-electron chi connectivity index (χ0n) is 11.3. The van der Waals surface area contributed by atoms with Crippen LogP contribution in [0.3, 0.4) is 0 Å². The second-order valence-corrected chi connectivity index (χ2v) is 4.31. The van der Waals surface area contributed by atoms with Gasteiger partial charge in [-0.2, -0.15) is 10.2 Å². The number of ether oxygens (including phenoxy) is 1. The molecule has 3 aromatic rings. The highest BCUT2D eigenvalue weighted by Gasteiger charge is 2.22. The Morgan fingerprint density at radius 2 is 2.00 bits per heavy atom. The minimum atomic E-state index is -0.592. The van der Waals surface area contributed by atoms with Gasteiger partial charge >= 0.3 is 0 Å². The first kappa shape index (κ1) is 13.0. The smallest absolute Gasteiger partial charge is 0.230 e. The fourth-order valence-corrected chi connectivity index (χ4v) is 2.10. The summed E-state index contributed by atoms with van der Waals surface area (Å²) in [5, 5.41) is 8.51. The van der Waals surface area contributed by atoms with E-state index >= 15 is 0 Å². The van der Waals surface area contributed by atoms with Crippen molar-refractivity contribution >= 4 is 22.5 Å². The van der Waals surface area contributed by atoms with E-state index in [1.165, 1.54) is 43.6 Å². The molecule has 0 aliphatic carbocycles. The van der Waals surface area contributed by atoms with Crippen LogP contribution >= 0.6 is 0 Å². The summed E-state index contributed by atoms with van der Waals surface area (Å²) in [5.74, 6) is -0.330. The highest BCUT2D eigenvalue weighted by molar-refractivity contribution is 6.45. The van der Waals surface area contributed by atoms with E-state index in [4.69, 9.17) is 4.74 Å². The molecule has 21 heavy (non-hydrogen) atoms. The van der Waals surface area contributed by atoms with Gasteiger partial charge in [0.25, 0.3) is 0 Å². The van der Waals surface area contributed by atoms with Crippen LogP contribution in [0.4, 0.5) is 0 Å². The summed E-state index contributed by atoms with van der Waals surface area (Å²) in [7, 11) is 1.47. The molecule has 3 rings (SSSR count). The normalized spacial score (nSPS) is 10.8. The van der Waals surface area contributed by atoms with Crippen molar-refractivity contribution in [3.8, 4) is 11.6 Å². The lowest BCUT2D eigenvalue weighted by Crippen LogP contribution is -2.09. The summed E-state index contributed by atoms with van der Waals surface area (Å²) in [5.41, 5.74) is 0.764. The van der Waals surface area contributed by atoms with Crippen molar-refractivity contribution in [2.75, 3.05) is 7.11 Å². The van der Waals surface area contributed by atoms with E-state index in [0.29, 0.717) is 22.5 Å². The molecule has 0 spiro atoms. The molecule has 0 saturated carbocycles. The van der Waals surface area contributed by atoms with E-state index in [9.17, 15) is 9.59 Å². The first-order chi connectivity index (χ1) is 10.1. The van der Waals surface area contributed by atoms with E-state index in [1.54, 1.807) is 0 Å². The number of carbonyl (C=O) groups excluding carboxylic acids is 2. The van der Waals surface area contributed by atoms with Gasteiger partial charge in [0.2, 0.25) is 5.78 Å². The first-order valence-electron chi connectivity index (χ1n) is 6.09. The summed E-state index contributed by atoms with van der Waals surface area (Å²) in [4.78, 5) is 31.8. The second kappa shape index (κ2) is 4.82. The van der Waals surface area contributed by atoms with Crippen LogP contribution in [0, 0.1) is 0 Å². The van der Waals surface area contributed by atoms with Gasteiger partial charge in [-0.15, -0.1) is 4.80 Å². The van der Waals surface area contributed by atoms with Gasteiger partial charge in [-0.1, -0.05) is 0 Å². The summed E-state index contributed by atoms with van der Waals surface area (Å²) in [6.07, 6.45) is 5.96. The Balaban J connectivity index is 2.32. The number of H-pyrrole nitrogens is 1. The molecule has 0 aliphatic rings. The van der Waals surface area contributed by atoms with Crippen molar-refractivity contribution in [1.82, 2.24) is 25.0 Å². The standard InChI is InChI=1S/C13H11N5O3/c1-7(19)12(20)8-5-14-11-10(8)9(21-2)6-15-13(11)18-16-3-4-17-18/h3-6,14H,1-2H3. The maximum absolute atomic E-state index is 12.0. The molecule has 106 valence electrons. The number of nitrogens with zero attached hydrogens (tertiary/aromatic N) is 4. The van der Waals surface area contributed by atoms with Crippen LogP contribution in [-0.4, -0.2) is 43.6 Å². The van der Waals surface area contributed by atoms with Gasteiger partial charge in [0.1, 0.15) is 5.75 Å². The first-order valence-corrected chi connectivity index (χ1v) is 6.09. The number of hydrogen-bond donors (Lipinski definition) is 1. The molecular formula is C13H11N5O3. The van der Waals surface area contributed by atoms with Crippen LogP contribution in [0.25, 0.3) is 16.7 Å². The van der Waals surface area contributed by atoms with Crippen molar-refractivity contribution in [2.45, 2.75) is 6.92 Å². The van der Waals surface area contributed by atoms with Gasteiger partial charge < -0.3 is 9.72 Å². The molecule has 8 heteroatoms. The molecule has 0 radical (unpaired) electrons. The third kappa shape index (κ3) is 1.97. The second-order valence-electron chi connectivity index (χ2n) is 4.31. The van der Waals surface area contributed by atoms with E-state index in [0.717, 1.165) is 0 Å². The Bertz CT molecular complexity index is 835. The van der Waals surface area contributed by atoms with Gasteiger partial charge in [-0.25, -0.2) is 4.98 Å². The van der Waals surface area contributed by atoms with E-state index in [1.807, 2.05) is 0 Å². The van der Waals surface area contributed by atoms with Crippen LogP contribution in [0.15, 0.2) is 24.8 Å². The molecule has 0 unspecified atom stereocenters. The number of aromatic nitrogens is 5. The molecule has 8 nitrogen and oxygen atoms in total. The fourth-order valence-electron chi connectivity index (χ4n) is 2.10. The minimum Gasteiger partial charge on any atom is -0.494 e. The number of hydrogen-bond acceptors (Lipinski definition) is 6.